The van der Waals surface area contributed by atoms with Crippen molar-refractivity contribution < 1.29 is 0 Å². The normalized spacial score (nSPS) is 12.9. The third kappa shape index (κ3) is 3.01. The molecule has 0 radical (unpaired) electrons. The molecule has 1 unspecified atom stereocenters. The number of rotatable bonds is 4. The van der Waals surface area contributed by atoms with Crippen LogP contribution in [0.5, 0.6) is 0 Å². The van der Waals surface area contributed by atoms with E-state index in [1.54, 1.807) is 11.3 Å². The summed E-state index contributed by atoms with van der Waals surface area (Å²) in [5, 5.41) is 3.49. The first-order chi connectivity index (χ1) is 10.1. The van der Waals surface area contributed by atoms with E-state index in [0.29, 0.717) is 0 Å². The molecule has 0 saturated heterocycles. The second-order valence-corrected chi connectivity index (χ2v) is 7.90. The summed E-state index contributed by atoms with van der Waals surface area (Å²) in [6.45, 7) is 2.95. The fourth-order valence-electron chi connectivity index (χ4n) is 2.32. The summed E-state index contributed by atoms with van der Waals surface area (Å²) in [6, 6.07) is 8.21. The van der Waals surface area contributed by atoms with Gasteiger partial charge >= 0.3 is 5.69 Å². The fourth-order valence-corrected chi connectivity index (χ4v) is 4.52. The maximum absolute atomic E-state index is 11.4. The van der Waals surface area contributed by atoms with Gasteiger partial charge in [-0.3, -0.25) is 0 Å². The van der Waals surface area contributed by atoms with Gasteiger partial charge in [-0.1, -0.05) is 13.0 Å². The predicted molar refractivity (Wildman–Crippen MR) is 94.2 cm³/mol. The van der Waals surface area contributed by atoms with Crippen LogP contribution in [0.15, 0.2) is 37.3 Å². The highest BCUT2D eigenvalue weighted by atomic mass is 79.9. The Kier molecular flexibility index (Phi) is 4.35. The topological polar surface area (TPSA) is 60.7 Å². The highest BCUT2D eigenvalue weighted by Gasteiger charge is 2.17. The quantitative estimate of drug-likeness (QED) is 0.582. The Balaban J connectivity index is 2.07. The zero-order valence-corrected chi connectivity index (χ0v) is 15.2. The highest BCUT2D eigenvalue weighted by Crippen LogP contribution is 2.37. The molecule has 3 aromatic rings. The number of aromatic amines is 2. The first-order valence-electron chi connectivity index (χ1n) is 6.48. The van der Waals surface area contributed by atoms with Crippen molar-refractivity contribution in [2.45, 2.75) is 13.0 Å². The lowest BCUT2D eigenvalue weighted by atomic mass is 10.0. The summed E-state index contributed by atoms with van der Waals surface area (Å²) in [6.07, 6.45) is 0. The van der Waals surface area contributed by atoms with Crippen LogP contribution in [0.4, 0.5) is 0 Å². The third-order valence-electron chi connectivity index (χ3n) is 3.23. The smallest absolute Gasteiger partial charge is 0.306 e. The van der Waals surface area contributed by atoms with E-state index in [2.05, 4.69) is 60.1 Å². The number of aromatic nitrogens is 2. The molecule has 0 aliphatic heterocycles. The number of nitrogens with one attached hydrogen (secondary N) is 3. The Bertz CT molecular complexity index is 817. The van der Waals surface area contributed by atoms with E-state index in [1.807, 2.05) is 18.2 Å². The SMILES string of the molecule is CCNC(c1ccc2[nH]c(=O)[nH]c2c1)c1cc(Br)c(Br)s1. The van der Waals surface area contributed by atoms with Gasteiger partial charge in [-0.2, -0.15) is 0 Å². The molecule has 110 valence electrons. The predicted octanol–water partition coefficient (Wildman–Crippen LogP) is 4.14. The van der Waals surface area contributed by atoms with Crippen LogP contribution in [0.25, 0.3) is 11.0 Å². The molecule has 0 amide bonds. The van der Waals surface area contributed by atoms with Gasteiger partial charge in [0.1, 0.15) is 0 Å². The van der Waals surface area contributed by atoms with Gasteiger partial charge < -0.3 is 15.3 Å². The highest BCUT2D eigenvalue weighted by molar-refractivity contribution is 9.13. The van der Waals surface area contributed by atoms with Crippen LogP contribution >= 0.6 is 43.2 Å². The van der Waals surface area contributed by atoms with Gasteiger partial charge in [-0.25, -0.2) is 4.79 Å². The van der Waals surface area contributed by atoms with Crippen LogP contribution in [0.1, 0.15) is 23.4 Å². The van der Waals surface area contributed by atoms with E-state index >= 15 is 0 Å². The van der Waals surface area contributed by atoms with E-state index in [-0.39, 0.29) is 11.7 Å². The molecule has 4 nitrogen and oxygen atoms in total. The number of hydrogen-bond acceptors (Lipinski definition) is 3. The van der Waals surface area contributed by atoms with E-state index in [0.717, 1.165) is 31.4 Å². The summed E-state index contributed by atoms with van der Waals surface area (Å²) < 4.78 is 2.14. The molecule has 0 aliphatic rings. The molecule has 0 aliphatic carbocycles. The van der Waals surface area contributed by atoms with Gasteiger partial charge in [0, 0.05) is 9.35 Å². The molecule has 1 aromatic carbocycles. The Morgan fingerprint density at radius 1 is 1.24 bits per heavy atom. The number of benzene rings is 1. The minimum absolute atomic E-state index is 0.102. The number of halogens is 2. The van der Waals surface area contributed by atoms with Gasteiger partial charge in [0.15, 0.2) is 0 Å². The van der Waals surface area contributed by atoms with Crippen molar-refractivity contribution in [3.63, 3.8) is 0 Å². The monoisotopic (exact) mass is 429 g/mol. The number of H-pyrrole nitrogens is 2. The molecular weight excluding hydrogens is 418 g/mol. The van der Waals surface area contributed by atoms with Crippen LogP contribution in [0.3, 0.4) is 0 Å². The molecular formula is C14H13Br2N3OS. The number of hydrogen-bond donors (Lipinski definition) is 3. The molecule has 3 N–H and O–H groups in total. The summed E-state index contributed by atoms with van der Waals surface area (Å²) in [4.78, 5) is 18.2. The van der Waals surface area contributed by atoms with Gasteiger partial charge in [0.05, 0.1) is 20.9 Å². The average Bonchev–Trinajstić information content (AvgIpc) is 2.97. The molecule has 0 saturated carbocycles. The standard InChI is InChI=1S/C14H13Br2N3OS/c1-2-17-12(11-6-8(15)13(16)21-11)7-3-4-9-10(5-7)19-14(20)18-9/h3-6,12,17H,2H2,1H3,(H2,18,19,20). The lowest BCUT2D eigenvalue weighted by Gasteiger charge is -2.17. The van der Waals surface area contributed by atoms with Crippen molar-refractivity contribution >= 4 is 54.2 Å². The van der Waals surface area contributed by atoms with Gasteiger partial charge in [0.2, 0.25) is 0 Å². The minimum atomic E-state index is -0.177. The molecule has 2 heterocycles. The Hall–Kier alpha value is -0.890. The summed E-state index contributed by atoms with van der Waals surface area (Å²) in [5.41, 5.74) is 2.60. The maximum atomic E-state index is 11.4. The van der Waals surface area contributed by atoms with Crippen molar-refractivity contribution in [2.24, 2.45) is 0 Å². The molecule has 3 rings (SSSR count). The van der Waals surface area contributed by atoms with Crippen molar-refractivity contribution in [3.05, 3.63) is 53.4 Å². The molecule has 1 atom stereocenters. The first-order valence-corrected chi connectivity index (χ1v) is 8.88. The first kappa shape index (κ1) is 15.0. The lowest BCUT2D eigenvalue weighted by molar-refractivity contribution is 0.640. The maximum Gasteiger partial charge on any atom is 0.323 e. The molecule has 2 aromatic heterocycles. The Morgan fingerprint density at radius 2 is 2.00 bits per heavy atom. The molecule has 0 spiro atoms. The van der Waals surface area contributed by atoms with Crippen molar-refractivity contribution in [2.75, 3.05) is 6.54 Å². The average molecular weight is 431 g/mol. The van der Waals surface area contributed by atoms with E-state index in [1.165, 1.54) is 4.88 Å². The molecule has 0 bridgehead atoms. The fraction of sp³-hybridized carbons (Fsp3) is 0.214. The summed E-state index contributed by atoms with van der Waals surface area (Å²) in [7, 11) is 0. The van der Waals surface area contributed by atoms with Gasteiger partial charge in [0.25, 0.3) is 0 Å². The minimum Gasteiger partial charge on any atom is -0.306 e. The molecule has 0 fully saturated rings. The second-order valence-electron chi connectivity index (χ2n) is 4.65. The zero-order chi connectivity index (χ0) is 15.0. The third-order valence-corrected chi connectivity index (χ3v) is 6.55. The molecule has 7 heteroatoms. The lowest BCUT2D eigenvalue weighted by Crippen LogP contribution is -2.21. The van der Waals surface area contributed by atoms with Crippen LogP contribution < -0.4 is 11.0 Å². The van der Waals surface area contributed by atoms with Crippen LogP contribution in [0, 0.1) is 0 Å². The number of fused-ring (bicyclic) bond motifs is 1. The van der Waals surface area contributed by atoms with Crippen molar-refractivity contribution in [3.8, 4) is 0 Å². The van der Waals surface area contributed by atoms with Gasteiger partial charge in [-0.05, 0) is 62.2 Å². The van der Waals surface area contributed by atoms with Crippen molar-refractivity contribution in [1.82, 2.24) is 15.3 Å². The number of imidazole rings is 1. The summed E-state index contributed by atoms with van der Waals surface area (Å²) >= 11 is 8.77. The van der Waals surface area contributed by atoms with Crippen LogP contribution in [0.2, 0.25) is 0 Å². The summed E-state index contributed by atoms with van der Waals surface area (Å²) in [5.74, 6) is 0. The van der Waals surface area contributed by atoms with E-state index < -0.39 is 0 Å². The van der Waals surface area contributed by atoms with Gasteiger partial charge in [-0.15, -0.1) is 11.3 Å². The Morgan fingerprint density at radius 3 is 2.67 bits per heavy atom. The van der Waals surface area contributed by atoms with Crippen LogP contribution in [-0.4, -0.2) is 16.5 Å². The second kappa shape index (κ2) is 6.08. The van der Waals surface area contributed by atoms with E-state index in [9.17, 15) is 4.79 Å². The number of thiophene rings is 1. The zero-order valence-electron chi connectivity index (χ0n) is 11.2. The van der Waals surface area contributed by atoms with Crippen molar-refractivity contribution in [1.29, 1.82) is 0 Å². The largest absolute Gasteiger partial charge is 0.323 e. The Labute approximate surface area is 142 Å². The van der Waals surface area contributed by atoms with Crippen LogP contribution in [-0.2, 0) is 0 Å². The van der Waals surface area contributed by atoms with E-state index in [4.69, 9.17) is 0 Å². The molecule has 21 heavy (non-hydrogen) atoms.